The lowest BCUT2D eigenvalue weighted by Gasteiger charge is -2.20. The Morgan fingerprint density at radius 2 is 1.57 bits per heavy atom. The predicted molar refractivity (Wildman–Crippen MR) is 175 cm³/mol. The van der Waals surface area contributed by atoms with Crippen LogP contribution in [0.5, 0.6) is 23.0 Å². The molecule has 44 heavy (non-hydrogen) atoms. The van der Waals surface area contributed by atoms with Crippen molar-refractivity contribution in [3.05, 3.63) is 89.0 Å². The van der Waals surface area contributed by atoms with E-state index in [0.717, 1.165) is 35.7 Å². The molecule has 2 heterocycles. The van der Waals surface area contributed by atoms with Crippen LogP contribution in [-0.4, -0.2) is 53.9 Å². The number of carbonyl (C=O) groups excluding carboxylic acids is 1. The van der Waals surface area contributed by atoms with Crippen molar-refractivity contribution in [2.24, 2.45) is 10.1 Å². The minimum absolute atomic E-state index is 0.0300. The predicted octanol–water partition coefficient (Wildman–Crippen LogP) is 7.09. The molecule has 2 aliphatic rings. The second-order valence-electron chi connectivity index (χ2n) is 10.3. The Hall–Kier alpha value is -4.57. The topological polar surface area (TPSA) is 106 Å². The number of methoxy groups -OCH3 is 1. The number of rotatable bonds is 14. The van der Waals surface area contributed by atoms with E-state index in [1.54, 1.807) is 31.4 Å². The number of nitrogens with zero attached hydrogens (tertiary/aromatic N) is 3. The van der Waals surface area contributed by atoms with Gasteiger partial charge >= 0.3 is 0 Å². The Kier molecular flexibility index (Phi) is 10.3. The van der Waals surface area contributed by atoms with Crippen LogP contribution in [-0.2, 0) is 4.79 Å². The zero-order chi connectivity index (χ0) is 30.9. The minimum atomic E-state index is -0.489. The highest BCUT2D eigenvalue weighted by Crippen LogP contribution is 2.33. The molecule has 0 atom stereocenters. The highest BCUT2D eigenvalue weighted by molar-refractivity contribution is 8.27. The first-order valence-corrected chi connectivity index (χ1v) is 15.5. The SMILES string of the molecule is CCCCCCOc1ccc(OCCOc2ccc(/C=C3/C(=N)N4N=C(c5ccc(C)cc5)SC4=NC3=O)cc2OC)cc1. The molecule has 1 N–H and O–H groups in total. The van der Waals surface area contributed by atoms with Crippen molar-refractivity contribution in [2.45, 2.75) is 39.5 Å². The summed E-state index contributed by atoms with van der Waals surface area (Å²) >= 11 is 1.28. The molecule has 0 unspecified atom stereocenters. The molecule has 1 amide bonds. The van der Waals surface area contributed by atoms with Gasteiger partial charge in [0, 0.05) is 5.56 Å². The van der Waals surface area contributed by atoms with Crippen LogP contribution < -0.4 is 18.9 Å². The second kappa shape index (κ2) is 14.7. The molecule has 0 fully saturated rings. The van der Waals surface area contributed by atoms with E-state index in [1.165, 1.54) is 36.0 Å². The molecule has 0 bridgehead atoms. The van der Waals surface area contributed by atoms with E-state index >= 15 is 0 Å². The summed E-state index contributed by atoms with van der Waals surface area (Å²) in [5, 5.41) is 15.7. The Morgan fingerprint density at radius 1 is 0.864 bits per heavy atom. The van der Waals surface area contributed by atoms with E-state index in [0.29, 0.717) is 40.5 Å². The number of amidine groups is 2. The van der Waals surface area contributed by atoms with Gasteiger partial charge in [-0.05, 0) is 73.1 Å². The molecule has 0 aliphatic carbocycles. The molecule has 3 aromatic rings. The number of unbranched alkanes of at least 4 members (excludes halogenated alkanes) is 3. The summed E-state index contributed by atoms with van der Waals surface area (Å²) in [5.74, 6) is 2.09. The second-order valence-corrected chi connectivity index (χ2v) is 11.2. The molecule has 228 valence electrons. The zero-order valence-electron chi connectivity index (χ0n) is 25.2. The van der Waals surface area contributed by atoms with Crippen LogP contribution in [0.15, 0.2) is 82.4 Å². The van der Waals surface area contributed by atoms with Crippen LogP contribution in [0.1, 0.15) is 49.3 Å². The highest BCUT2D eigenvalue weighted by atomic mass is 32.2. The van der Waals surface area contributed by atoms with Gasteiger partial charge in [0.15, 0.2) is 17.3 Å². The Balaban J connectivity index is 1.16. The zero-order valence-corrected chi connectivity index (χ0v) is 26.0. The van der Waals surface area contributed by atoms with E-state index < -0.39 is 5.91 Å². The summed E-state index contributed by atoms with van der Waals surface area (Å²) in [6.45, 7) is 5.59. The Bertz CT molecular complexity index is 1580. The number of hydrogen-bond donors (Lipinski definition) is 1. The van der Waals surface area contributed by atoms with Gasteiger partial charge in [-0.3, -0.25) is 10.2 Å². The standard InChI is InChI=1S/C34H36N4O5S/c1-4-5-6-7-18-41-26-13-15-27(16-14-26)42-19-20-43-29-17-10-24(22-30(29)40-3)21-28-31(35)38-34(36-32(28)39)44-33(37-38)25-11-8-23(2)9-12-25/h8-17,21-22,35H,4-7,18-20H2,1-3H3/b28-21-,35-31?. The maximum Gasteiger partial charge on any atom is 0.283 e. The largest absolute Gasteiger partial charge is 0.494 e. The number of thioether (sulfide) groups is 1. The first-order chi connectivity index (χ1) is 21.4. The van der Waals surface area contributed by atoms with Crippen LogP contribution in [0.4, 0.5) is 0 Å². The van der Waals surface area contributed by atoms with Gasteiger partial charge < -0.3 is 18.9 Å². The number of carbonyl (C=O) groups is 1. The molecule has 10 heteroatoms. The number of amides is 1. The van der Waals surface area contributed by atoms with Gasteiger partial charge in [-0.1, -0.05) is 62.1 Å². The molecule has 0 aromatic heterocycles. The molecule has 3 aromatic carbocycles. The van der Waals surface area contributed by atoms with Crippen LogP contribution in [0.25, 0.3) is 6.08 Å². The third-order valence-corrected chi connectivity index (χ3v) is 7.91. The summed E-state index contributed by atoms with van der Waals surface area (Å²) in [6, 6.07) is 20.8. The number of aliphatic imine (C=N–C) groups is 1. The molecular formula is C34H36N4O5S. The Labute approximate surface area is 262 Å². The smallest absolute Gasteiger partial charge is 0.283 e. The van der Waals surface area contributed by atoms with E-state index in [1.807, 2.05) is 55.5 Å². The summed E-state index contributed by atoms with van der Waals surface area (Å²) < 4.78 is 23.1. The molecule has 0 saturated carbocycles. The molecule has 0 radical (unpaired) electrons. The van der Waals surface area contributed by atoms with Crippen molar-refractivity contribution in [2.75, 3.05) is 26.9 Å². The van der Waals surface area contributed by atoms with Crippen molar-refractivity contribution in [1.29, 1.82) is 5.41 Å². The first-order valence-electron chi connectivity index (χ1n) is 14.7. The van der Waals surface area contributed by atoms with Gasteiger partial charge in [0.25, 0.3) is 5.91 Å². The number of hydrazone groups is 1. The van der Waals surface area contributed by atoms with E-state index in [-0.39, 0.29) is 11.4 Å². The van der Waals surface area contributed by atoms with Crippen molar-refractivity contribution in [3.63, 3.8) is 0 Å². The number of aryl methyl sites for hydroxylation is 1. The fourth-order valence-corrected chi connectivity index (χ4v) is 5.42. The summed E-state index contributed by atoms with van der Waals surface area (Å²) in [5.41, 5.74) is 2.85. The normalized spacial score (nSPS) is 15.2. The number of ether oxygens (including phenoxy) is 4. The van der Waals surface area contributed by atoms with Crippen LogP contribution in [0.2, 0.25) is 0 Å². The first kappa shape index (κ1) is 30.9. The lowest BCUT2D eigenvalue weighted by molar-refractivity contribution is -0.114. The van der Waals surface area contributed by atoms with Gasteiger partial charge in [0.2, 0.25) is 5.17 Å². The lowest BCUT2D eigenvalue weighted by Crippen LogP contribution is -2.35. The lowest BCUT2D eigenvalue weighted by atomic mass is 10.1. The van der Waals surface area contributed by atoms with Crippen molar-refractivity contribution in [1.82, 2.24) is 5.01 Å². The van der Waals surface area contributed by atoms with Gasteiger partial charge in [0.1, 0.15) is 29.8 Å². The molecule has 2 aliphatic heterocycles. The van der Waals surface area contributed by atoms with E-state index in [2.05, 4.69) is 17.0 Å². The average molecular weight is 613 g/mol. The number of fused-ring (bicyclic) bond motifs is 1. The van der Waals surface area contributed by atoms with Crippen molar-refractivity contribution < 1.29 is 23.7 Å². The highest BCUT2D eigenvalue weighted by Gasteiger charge is 2.36. The van der Waals surface area contributed by atoms with Gasteiger partial charge in [-0.15, -0.1) is 0 Å². The van der Waals surface area contributed by atoms with Crippen LogP contribution in [0, 0.1) is 12.3 Å². The summed E-state index contributed by atoms with van der Waals surface area (Å²) in [6.07, 6.45) is 6.31. The maximum absolute atomic E-state index is 12.9. The summed E-state index contributed by atoms with van der Waals surface area (Å²) in [7, 11) is 1.55. The molecule has 5 rings (SSSR count). The third kappa shape index (κ3) is 7.68. The fraction of sp³-hybridized carbons (Fsp3) is 0.294. The average Bonchev–Trinajstić information content (AvgIpc) is 3.46. The van der Waals surface area contributed by atoms with E-state index in [9.17, 15) is 4.79 Å². The van der Waals surface area contributed by atoms with Gasteiger partial charge in [-0.25, -0.2) is 0 Å². The maximum atomic E-state index is 12.9. The fourth-order valence-electron chi connectivity index (χ4n) is 4.53. The molecule has 0 saturated heterocycles. The summed E-state index contributed by atoms with van der Waals surface area (Å²) in [4.78, 5) is 17.1. The quantitative estimate of drug-likeness (QED) is 0.153. The minimum Gasteiger partial charge on any atom is -0.494 e. The van der Waals surface area contributed by atoms with Gasteiger partial charge in [0.05, 0.1) is 19.3 Å². The molecule has 0 spiro atoms. The van der Waals surface area contributed by atoms with E-state index in [4.69, 9.17) is 24.4 Å². The number of benzene rings is 3. The monoisotopic (exact) mass is 612 g/mol. The van der Waals surface area contributed by atoms with Crippen molar-refractivity contribution >= 4 is 39.8 Å². The van der Waals surface area contributed by atoms with Crippen LogP contribution in [0.3, 0.4) is 0 Å². The third-order valence-electron chi connectivity index (χ3n) is 6.95. The molecule has 9 nitrogen and oxygen atoms in total. The van der Waals surface area contributed by atoms with Gasteiger partial charge in [-0.2, -0.15) is 15.1 Å². The molecular weight excluding hydrogens is 576 g/mol. The Morgan fingerprint density at radius 3 is 2.27 bits per heavy atom. The van der Waals surface area contributed by atoms with Crippen molar-refractivity contribution in [3.8, 4) is 23.0 Å². The number of nitrogens with one attached hydrogen (secondary N) is 1. The van der Waals surface area contributed by atoms with Crippen LogP contribution >= 0.6 is 11.8 Å². The number of hydrogen-bond acceptors (Lipinski definition) is 8.